The van der Waals surface area contributed by atoms with Gasteiger partial charge in [-0.25, -0.2) is 0 Å². The van der Waals surface area contributed by atoms with Crippen molar-refractivity contribution in [3.05, 3.63) is 0 Å². The number of thiophene rings is 2. The van der Waals surface area contributed by atoms with Crippen molar-refractivity contribution in [2.24, 2.45) is 0 Å². The minimum absolute atomic E-state index is 1.000. The second-order valence-electron chi connectivity index (χ2n) is 4.09. The van der Waals surface area contributed by atoms with Crippen LogP contribution in [0.1, 0.15) is 0 Å². The van der Waals surface area contributed by atoms with E-state index in [9.17, 15) is 9.13 Å². The van der Waals surface area contributed by atoms with Crippen molar-refractivity contribution in [2.75, 3.05) is 0 Å². The molecular weight excluding hydrogens is 254 g/mol. The van der Waals surface area contributed by atoms with Crippen molar-refractivity contribution in [1.82, 2.24) is 0 Å². The van der Waals surface area contributed by atoms with Gasteiger partial charge < -0.3 is 9.13 Å². The van der Waals surface area contributed by atoms with Crippen molar-refractivity contribution in [3.63, 3.8) is 0 Å². The van der Waals surface area contributed by atoms with Gasteiger partial charge in [-0.15, -0.1) is 22.7 Å². The molecule has 6 rings (SSSR count). The zero-order valence-corrected chi connectivity index (χ0v) is 9.95. The van der Waals surface area contributed by atoms with Gasteiger partial charge in [-0.2, -0.15) is 0 Å². The van der Waals surface area contributed by atoms with E-state index < -0.39 is 14.3 Å². The molecule has 2 aromatic heterocycles. The van der Waals surface area contributed by atoms with Crippen LogP contribution >= 0.6 is 37.0 Å². The smallest absolute Gasteiger partial charge is 0.194 e. The summed E-state index contributed by atoms with van der Waals surface area (Å²) in [6, 6.07) is 0. The van der Waals surface area contributed by atoms with Crippen LogP contribution in [0.15, 0.2) is 0 Å². The highest BCUT2D eigenvalue weighted by atomic mass is 32.1. The molecule has 14 heavy (non-hydrogen) atoms. The lowest BCUT2D eigenvalue weighted by Crippen LogP contribution is -2.21. The Morgan fingerprint density at radius 2 is 1.21 bits per heavy atom. The molecule has 2 nitrogen and oxygen atoms in total. The molecule has 6 heterocycles. The summed E-state index contributed by atoms with van der Waals surface area (Å²) >= 11 is 3.30. The fourth-order valence-corrected chi connectivity index (χ4v) is 16.8. The molecule has 6 heteroatoms. The van der Waals surface area contributed by atoms with Gasteiger partial charge in [-0.1, -0.05) is 0 Å². The van der Waals surface area contributed by atoms with Crippen LogP contribution in [0.3, 0.4) is 0 Å². The lowest BCUT2D eigenvalue weighted by atomic mass is 10.4. The molecule has 0 N–H and O–H groups in total. The molecule has 2 atom stereocenters. The van der Waals surface area contributed by atoms with Crippen LogP contribution in [0.25, 0.3) is 9.75 Å². The Bertz CT molecular complexity index is 836. The Kier molecular flexibility index (Phi) is 0.581. The second-order valence-corrected chi connectivity index (χ2v) is 11.9. The van der Waals surface area contributed by atoms with E-state index in [-0.39, 0.29) is 0 Å². The average molecular weight is 254 g/mol. The molecule has 0 bridgehead atoms. The van der Waals surface area contributed by atoms with E-state index in [0.29, 0.717) is 0 Å². The molecule has 4 aliphatic heterocycles. The standard InChI is InChI=1S/C8O2P2S2/c9-11-1-3(11)7-12(10)4-2(11)6(5(1)13-7)14-8(4)12. The predicted octanol–water partition coefficient (Wildman–Crippen LogP) is 0.00900. The van der Waals surface area contributed by atoms with Gasteiger partial charge in [0, 0.05) is 0 Å². The van der Waals surface area contributed by atoms with Gasteiger partial charge in [-0.05, 0) is 0 Å². The van der Waals surface area contributed by atoms with Crippen LogP contribution in [0.2, 0.25) is 0 Å². The third-order valence-corrected chi connectivity index (χ3v) is 14.3. The maximum absolute atomic E-state index is 12.5. The summed E-state index contributed by atoms with van der Waals surface area (Å²) in [5, 5.41) is 4.17. The summed E-state index contributed by atoms with van der Waals surface area (Å²) in [4.78, 5) is 2.42. The van der Waals surface area contributed by atoms with E-state index in [1.54, 1.807) is 22.7 Å². The number of hydrogen-bond acceptors (Lipinski definition) is 4. The summed E-state index contributed by atoms with van der Waals surface area (Å²) in [7, 11) is -4.42. The highest BCUT2D eigenvalue weighted by molar-refractivity contribution is 8.13. The van der Waals surface area contributed by atoms with Crippen LogP contribution in [0, 0.1) is 0 Å². The van der Waals surface area contributed by atoms with Gasteiger partial charge in [0.1, 0.15) is 0 Å². The second kappa shape index (κ2) is 1.26. The average Bonchev–Trinajstić information content (AvgIpc) is 2.78. The normalized spacial score (nSPS) is 39.1. The molecule has 2 unspecified atom stereocenters. The van der Waals surface area contributed by atoms with Crippen LogP contribution in [0.5, 0.6) is 0 Å². The topological polar surface area (TPSA) is 34.1 Å². The van der Waals surface area contributed by atoms with Gasteiger partial charge in [-0.3, -0.25) is 0 Å². The van der Waals surface area contributed by atoms with Gasteiger partial charge >= 0.3 is 0 Å². The molecule has 0 saturated carbocycles. The Morgan fingerprint density at radius 1 is 0.714 bits per heavy atom. The van der Waals surface area contributed by atoms with Crippen molar-refractivity contribution >= 4 is 67.4 Å². The summed E-state index contributed by atoms with van der Waals surface area (Å²) in [5.74, 6) is 0. The molecule has 0 fully saturated rings. The predicted molar refractivity (Wildman–Crippen MR) is 60.6 cm³/mol. The van der Waals surface area contributed by atoms with Crippen LogP contribution in [0.4, 0.5) is 0 Å². The Morgan fingerprint density at radius 3 is 1.79 bits per heavy atom. The molecule has 0 amide bonds. The fraction of sp³-hybridized carbons (Fsp3) is 0. The van der Waals surface area contributed by atoms with E-state index in [0.717, 1.165) is 30.5 Å². The zero-order valence-electron chi connectivity index (χ0n) is 6.53. The third-order valence-electron chi connectivity index (χ3n) is 3.62. The quantitative estimate of drug-likeness (QED) is 0.358. The lowest BCUT2D eigenvalue weighted by molar-refractivity contribution is 0.593. The summed E-state index contributed by atoms with van der Waals surface area (Å²) < 4.78 is 27.1. The van der Waals surface area contributed by atoms with Crippen LogP contribution < -0.4 is 30.5 Å². The molecule has 0 aliphatic carbocycles. The minimum Gasteiger partial charge on any atom is -0.308 e. The third kappa shape index (κ3) is 0.304. The van der Waals surface area contributed by atoms with Gasteiger partial charge in [0.25, 0.3) is 0 Å². The number of hydrogen-bond donors (Lipinski definition) is 0. The van der Waals surface area contributed by atoms with Crippen LogP contribution in [-0.4, -0.2) is 0 Å². The number of rotatable bonds is 0. The summed E-state index contributed by atoms with van der Waals surface area (Å²) in [6.07, 6.45) is 0. The molecular formula is C8O2P2S2. The van der Waals surface area contributed by atoms with E-state index in [1.165, 1.54) is 9.75 Å². The van der Waals surface area contributed by atoms with Gasteiger partial charge in [0.05, 0.1) is 40.2 Å². The first-order valence-corrected chi connectivity index (χ1v) is 9.32. The maximum atomic E-state index is 12.5. The largest absolute Gasteiger partial charge is 0.308 e. The molecule has 66 valence electrons. The Labute approximate surface area is 86.3 Å². The van der Waals surface area contributed by atoms with E-state index in [2.05, 4.69) is 0 Å². The lowest BCUT2D eigenvalue weighted by Gasteiger charge is -2.04. The molecule has 2 aromatic rings. The van der Waals surface area contributed by atoms with E-state index in [1.807, 2.05) is 0 Å². The molecule has 4 aliphatic rings. The first-order valence-electron chi connectivity index (χ1n) is 4.27. The SMILES string of the molecule is O=P12c3sc4c(c31)P1(=O)c3c-4sc2c31. The van der Waals surface area contributed by atoms with Crippen molar-refractivity contribution in [3.8, 4) is 9.75 Å². The Hall–Kier alpha value is -0.140. The molecule has 0 saturated heterocycles. The maximum Gasteiger partial charge on any atom is 0.194 e. The summed E-state index contributed by atoms with van der Waals surface area (Å²) in [6.45, 7) is 0. The van der Waals surface area contributed by atoms with E-state index >= 15 is 0 Å². The van der Waals surface area contributed by atoms with Crippen molar-refractivity contribution < 1.29 is 9.13 Å². The first kappa shape index (κ1) is 6.44. The molecule has 0 radical (unpaired) electrons. The highest BCUT2D eigenvalue weighted by Gasteiger charge is 2.75. The Balaban J connectivity index is 2.23. The molecule has 0 spiro atoms. The van der Waals surface area contributed by atoms with Gasteiger partial charge in [0.15, 0.2) is 14.3 Å². The van der Waals surface area contributed by atoms with Crippen molar-refractivity contribution in [1.29, 1.82) is 0 Å². The fourth-order valence-electron chi connectivity index (χ4n) is 2.97. The number of fused-ring (bicyclic) bond motifs is 3. The van der Waals surface area contributed by atoms with Gasteiger partial charge in [0.2, 0.25) is 0 Å². The zero-order chi connectivity index (χ0) is 9.03. The first-order chi connectivity index (χ1) is 6.70. The highest BCUT2D eigenvalue weighted by Crippen LogP contribution is 2.77. The molecule has 0 aromatic carbocycles. The van der Waals surface area contributed by atoms with Crippen molar-refractivity contribution in [2.45, 2.75) is 0 Å². The van der Waals surface area contributed by atoms with Crippen LogP contribution in [-0.2, 0) is 9.13 Å². The summed E-state index contributed by atoms with van der Waals surface area (Å²) in [5.41, 5.74) is 0. The minimum atomic E-state index is -2.22. The van der Waals surface area contributed by atoms with E-state index in [4.69, 9.17) is 0 Å². The monoisotopic (exact) mass is 254 g/mol.